The number of aryl methyl sites for hydroxylation is 2. The van der Waals surface area contributed by atoms with E-state index < -0.39 is 29.4 Å². The van der Waals surface area contributed by atoms with Crippen LogP contribution in [0.2, 0.25) is 0 Å². The molecule has 10 heteroatoms. The van der Waals surface area contributed by atoms with Crippen molar-refractivity contribution in [1.82, 2.24) is 19.4 Å². The second kappa shape index (κ2) is 9.41. The van der Waals surface area contributed by atoms with Gasteiger partial charge in [0, 0.05) is 38.0 Å². The smallest absolute Gasteiger partial charge is 0.266 e. The molecule has 1 fully saturated rings. The highest BCUT2D eigenvalue weighted by molar-refractivity contribution is 5.78. The number of hydrogen-bond donors (Lipinski definition) is 1. The van der Waals surface area contributed by atoms with Crippen LogP contribution in [0.3, 0.4) is 0 Å². The Morgan fingerprint density at radius 3 is 2.51 bits per heavy atom. The number of nitrogens with zero attached hydrogens (tertiary/aromatic N) is 5. The second-order valence-corrected chi connectivity index (χ2v) is 9.02. The number of carbonyl (C=O) groups excluding carboxylic acids is 1. The van der Waals surface area contributed by atoms with Gasteiger partial charge in [-0.1, -0.05) is 18.2 Å². The molecular formula is C25H28F3N5O2. The van der Waals surface area contributed by atoms with Gasteiger partial charge in [-0.2, -0.15) is 0 Å². The van der Waals surface area contributed by atoms with Crippen LogP contribution >= 0.6 is 0 Å². The lowest BCUT2D eigenvalue weighted by atomic mass is 9.87. The van der Waals surface area contributed by atoms with Crippen molar-refractivity contribution in [3.05, 3.63) is 64.4 Å². The summed E-state index contributed by atoms with van der Waals surface area (Å²) in [5.74, 6) is -0.383. The summed E-state index contributed by atoms with van der Waals surface area (Å²) >= 11 is 0. The Kier molecular flexibility index (Phi) is 6.68. The minimum Gasteiger partial charge on any atom is -0.383 e. The summed E-state index contributed by atoms with van der Waals surface area (Å²) in [6, 6.07) is 4.83. The van der Waals surface area contributed by atoms with E-state index in [1.54, 1.807) is 31.0 Å². The average Bonchev–Trinajstić information content (AvgIpc) is 2.82. The van der Waals surface area contributed by atoms with E-state index in [4.69, 9.17) is 0 Å². The molecule has 1 aliphatic heterocycles. The van der Waals surface area contributed by atoms with Crippen LogP contribution in [0.15, 0.2) is 35.5 Å². The molecule has 2 aromatic heterocycles. The first-order valence-corrected chi connectivity index (χ1v) is 11.4. The molecule has 3 aromatic rings. The van der Waals surface area contributed by atoms with Crippen LogP contribution in [0, 0.1) is 12.7 Å². The highest BCUT2D eigenvalue weighted by Gasteiger charge is 2.36. The molecule has 35 heavy (non-hydrogen) atoms. The predicted molar refractivity (Wildman–Crippen MR) is 124 cm³/mol. The SMILES string of the molecule is CC(=O)N1CCC(O)(c2cc3c(=N[C@H](C)c4cccc(C(F)F)c4F)nc(C)n(C)c3cn2)CC1. The van der Waals surface area contributed by atoms with E-state index in [0.717, 1.165) is 6.07 Å². The third-order valence-electron chi connectivity index (χ3n) is 6.81. The van der Waals surface area contributed by atoms with Crippen LogP contribution in [0.25, 0.3) is 10.9 Å². The lowest BCUT2D eigenvalue weighted by molar-refractivity contribution is -0.133. The van der Waals surface area contributed by atoms with Crippen LogP contribution in [0.1, 0.15) is 61.8 Å². The van der Waals surface area contributed by atoms with Crippen LogP contribution in [0.4, 0.5) is 13.2 Å². The first-order valence-electron chi connectivity index (χ1n) is 11.4. The van der Waals surface area contributed by atoms with E-state index in [9.17, 15) is 23.1 Å². The van der Waals surface area contributed by atoms with Gasteiger partial charge in [0.25, 0.3) is 6.43 Å². The lowest BCUT2D eigenvalue weighted by Crippen LogP contribution is -2.44. The van der Waals surface area contributed by atoms with Gasteiger partial charge in [0.2, 0.25) is 5.91 Å². The number of rotatable bonds is 4. The number of amides is 1. The summed E-state index contributed by atoms with van der Waals surface area (Å²) in [6.07, 6.45) is -0.616. The summed E-state index contributed by atoms with van der Waals surface area (Å²) in [4.78, 5) is 27.0. The molecule has 1 saturated heterocycles. The molecule has 0 unspecified atom stereocenters. The zero-order valence-corrected chi connectivity index (χ0v) is 20.1. The van der Waals surface area contributed by atoms with Crippen molar-refractivity contribution in [1.29, 1.82) is 0 Å². The lowest BCUT2D eigenvalue weighted by Gasteiger charge is -2.37. The molecule has 186 valence electrons. The maximum atomic E-state index is 14.7. The molecule has 0 bridgehead atoms. The number of hydrogen-bond acceptors (Lipinski definition) is 5. The molecule has 0 radical (unpaired) electrons. The summed E-state index contributed by atoms with van der Waals surface area (Å²) in [7, 11) is 1.82. The largest absolute Gasteiger partial charge is 0.383 e. The maximum Gasteiger partial charge on any atom is 0.266 e. The van der Waals surface area contributed by atoms with E-state index in [2.05, 4.69) is 15.0 Å². The van der Waals surface area contributed by atoms with E-state index in [-0.39, 0.29) is 11.5 Å². The van der Waals surface area contributed by atoms with Crippen molar-refractivity contribution in [3.8, 4) is 0 Å². The van der Waals surface area contributed by atoms with Crippen molar-refractivity contribution < 1.29 is 23.1 Å². The zero-order chi connectivity index (χ0) is 25.5. The summed E-state index contributed by atoms with van der Waals surface area (Å²) in [5, 5.41) is 11.9. The molecule has 4 rings (SSSR count). The minimum atomic E-state index is -2.93. The van der Waals surface area contributed by atoms with E-state index >= 15 is 0 Å². The third kappa shape index (κ3) is 4.67. The van der Waals surface area contributed by atoms with E-state index in [1.165, 1.54) is 19.1 Å². The number of aliphatic hydroxyl groups is 1. The molecule has 0 saturated carbocycles. The standard InChI is InChI=1S/C25H28F3N5O2/c1-14(17-6-5-7-18(22(17)26)23(27)28)30-24-19-12-21(29-13-20(19)32(4)15(2)31-24)25(35)8-10-33(11-9-25)16(3)34/h5-7,12-14,23,35H,8-11H2,1-4H3/t14-/m1/s1. The van der Waals surface area contributed by atoms with Gasteiger partial charge in [0.1, 0.15) is 17.2 Å². The van der Waals surface area contributed by atoms with Crippen molar-refractivity contribution in [2.75, 3.05) is 13.1 Å². The van der Waals surface area contributed by atoms with Gasteiger partial charge in [0.15, 0.2) is 5.49 Å². The predicted octanol–water partition coefficient (Wildman–Crippen LogP) is 3.85. The molecule has 1 aliphatic rings. The Bertz CT molecular complexity index is 1350. The number of aromatic nitrogens is 3. The summed E-state index contributed by atoms with van der Waals surface area (Å²) in [5.41, 5.74) is -0.382. The summed E-state index contributed by atoms with van der Waals surface area (Å²) < 4.78 is 43.0. The highest BCUT2D eigenvalue weighted by Crippen LogP contribution is 2.33. The number of carbonyl (C=O) groups is 1. The fourth-order valence-electron chi connectivity index (χ4n) is 4.47. The molecule has 1 N–H and O–H groups in total. The quantitative estimate of drug-likeness (QED) is 0.606. The molecule has 3 heterocycles. The van der Waals surface area contributed by atoms with Gasteiger partial charge in [-0.15, -0.1) is 0 Å². The second-order valence-electron chi connectivity index (χ2n) is 9.02. The van der Waals surface area contributed by atoms with Gasteiger partial charge in [-0.05, 0) is 32.8 Å². The Labute approximate surface area is 201 Å². The first-order chi connectivity index (χ1) is 16.5. The first kappa shape index (κ1) is 24.8. The maximum absolute atomic E-state index is 14.7. The number of likely N-dealkylation sites (tertiary alicyclic amines) is 1. The number of halogens is 3. The van der Waals surface area contributed by atoms with Crippen molar-refractivity contribution in [3.63, 3.8) is 0 Å². The Hall–Kier alpha value is -3.27. The van der Waals surface area contributed by atoms with Crippen LogP contribution in [-0.4, -0.2) is 43.5 Å². The van der Waals surface area contributed by atoms with Crippen molar-refractivity contribution in [2.45, 2.75) is 51.7 Å². The monoisotopic (exact) mass is 487 g/mol. The molecule has 1 amide bonds. The molecular weight excluding hydrogens is 459 g/mol. The van der Waals surface area contributed by atoms with E-state index in [0.29, 0.717) is 53.8 Å². The Balaban J connectivity index is 1.81. The highest BCUT2D eigenvalue weighted by atomic mass is 19.3. The molecule has 0 aliphatic carbocycles. The van der Waals surface area contributed by atoms with Gasteiger partial charge in [0.05, 0.1) is 29.0 Å². The van der Waals surface area contributed by atoms with Gasteiger partial charge in [-0.25, -0.2) is 18.2 Å². The van der Waals surface area contributed by atoms with Crippen LogP contribution in [-0.2, 0) is 17.4 Å². The number of fused-ring (bicyclic) bond motifs is 1. The molecule has 7 nitrogen and oxygen atoms in total. The van der Waals surface area contributed by atoms with Crippen molar-refractivity contribution >= 4 is 16.8 Å². The number of pyridine rings is 1. The average molecular weight is 488 g/mol. The molecule has 0 spiro atoms. The normalized spacial score (nSPS) is 17.3. The molecule has 1 atom stereocenters. The Morgan fingerprint density at radius 1 is 1.23 bits per heavy atom. The number of alkyl halides is 2. The third-order valence-corrected chi connectivity index (χ3v) is 6.81. The fourth-order valence-corrected chi connectivity index (χ4v) is 4.47. The topological polar surface area (TPSA) is 83.6 Å². The van der Waals surface area contributed by atoms with E-state index in [1.807, 2.05) is 11.6 Å². The zero-order valence-electron chi connectivity index (χ0n) is 20.1. The number of benzene rings is 1. The van der Waals surface area contributed by atoms with Gasteiger partial charge < -0.3 is 14.6 Å². The van der Waals surface area contributed by atoms with Crippen molar-refractivity contribution in [2.24, 2.45) is 12.0 Å². The van der Waals surface area contributed by atoms with Crippen LogP contribution < -0.4 is 5.49 Å². The van der Waals surface area contributed by atoms with Gasteiger partial charge in [-0.3, -0.25) is 14.8 Å². The number of piperidine rings is 1. The molecule has 1 aromatic carbocycles. The van der Waals surface area contributed by atoms with Crippen LogP contribution in [0.5, 0.6) is 0 Å². The minimum absolute atomic E-state index is 0.0385. The van der Waals surface area contributed by atoms with Gasteiger partial charge >= 0.3 is 0 Å². The Morgan fingerprint density at radius 2 is 1.89 bits per heavy atom. The summed E-state index contributed by atoms with van der Waals surface area (Å²) in [6.45, 7) is 5.75. The fraction of sp³-hybridized carbons (Fsp3) is 0.440.